The largest absolute Gasteiger partial charge is 0.493 e. The highest BCUT2D eigenvalue weighted by atomic mass is 35.5. The first-order chi connectivity index (χ1) is 17.0. The minimum atomic E-state index is -0.348. The summed E-state index contributed by atoms with van der Waals surface area (Å²) in [5.41, 5.74) is 5.43. The number of hydrogen-bond donors (Lipinski definition) is 2. The zero-order valence-electron chi connectivity index (χ0n) is 19.5. The lowest BCUT2D eigenvalue weighted by molar-refractivity contribution is -0.116. The standard InChI is InChI=1S/C28H26Cl2N2O3/c1-3-35-25-11-9-16(15-26(25)34-2)18-13-23-27(24(33)14-18)28(17-8-10-19(29)20(30)12-17)32-22-7-5-4-6-21(22)31-23/h4-12,15,18,28,31-32H,3,13-14H2,1-2H3. The normalized spacial score (nSPS) is 19.1. The van der Waals surface area contributed by atoms with Crippen molar-refractivity contribution in [2.45, 2.75) is 31.7 Å². The first-order valence-electron chi connectivity index (χ1n) is 11.6. The van der Waals surface area contributed by atoms with Gasteiger partial charge in [0.05, 0.1) is 41.2 Å². The van der Waals surface area contributed by atoms with Crippen LogP contribution < -0.4 is 20.1 Å². The van der Waals surface area contributed by atoms with Gasteiger partial charge in [0.25, 0.3) is 0 Å². The number of anilines is 2. The molecule has 5 nitrogen and oxygen atoms in total. The maximum Gasteiger partial charge on any atom is 0.163 e. The highest BCUT2D eigenvalue weighted by Crippen LogP contribution is 2.45. The summed E-state index contributed by atoms with van der Waals surface area (Å²) in [6.45, 7) is 2.50. The van der Waals surface area contributed by atoms with Crippen molar-refractivity contribution in [2.24, 2.45) is 0 Å². The molecule has 2 aliphatic rings. The van der Waals surface area contributed by atoms with Gasteiger partial charge in [0.2, 0.25) is 0 Å². The van der Waals surface area contributed by atoms with Gasteiger partial charge in [-0.05, 0) is 66.8 Å². The lowest BCUT2D eigenvalue weighted by atomic mass is 9.78. The topological polar surface area (TPSA) is 59.6 Å². The highest BCUT2D eigenvalue weighted by molar-refractivity contribution is 6.42. The van der Waals surface area contributed by atoms with E-state index in [0.29, 0.717) is 41.0 Å². The number of benzene rings is 3. The van der Waals surface area contributed by atoms with Crippen molar-refractivity contribution in [1.29, 1.82) is 0 Å². The number of ketones is 1. The molecule has 2 unspecified atom stereocenters. The second-order valence-electron chi connectivity index (χ2n) is 8.69. The van der Waals surface area contributed by atoms with E-state index in [1.807, 2.05) is 61.5 Å². The number of hydrogen-bond acceptors (Lipinski definition) is 5. The predicted molar refractivity (Wildman–Crippen MR) is 141 cm³/mol. The van der Waals surface area contributed by atoms with Gasteiger partial charge in [0.15, 0.2) is 17.3 Å². The van der Waals surface area contributed by atoms with E-state index in [-0.39, 0.29) is 17.7 Å². The van der Waals surface area contributed by atoms with Crippen LogP contribution in [0.3, 0.4) is 0 Å². The average Bonchev–Trinajstić information content (AvgIpc) is 3.03. The Bertz CT molecular complexity index is 1320. The third-order valence-corrected chi connectivity index (χ3v) is 7.28. The maximum atomic E-state index is 13.7. The van der Waals surface area contributed by atoms with Crippen molar-refractivity contribution in [3.05, 3.63) is 93.1 Å². The summed E-state index contributed by atoms with van der Waals surface area (Å²) in [6.07, 6.45) is 1.08. The minimum Gasteiger partial charge on any atom is -0.493 e. The number of halogens is 2. The van der Waals surface area contributed by atoms with Crippen LogP contribution in [0.2, 0.25) is 10.0 Å². The second kappa shape index (κ2) is 9.84. The lowest BCUT2D eigenvalue weighted by Crippen LogP contribution is -2.26. The number of nitrogens with one attached hydrogen (secondary N) is 2. The van der Waals surface area contributed by atoms with Crippen LogP contribution in [-0.4, -0.2) is 19.5 Å². The molecule has 180 valence electrons. The first kappa shape index (κ1) is 23.6. The van der Waals surface area contributed by atoms with Crippen LogP contribution in [0.15, 0.2) is 71.9 Å². The Labute approximate surface area is 215 Å². The number of methoxy groups -OCH3 is 1. The van der Waals surface area contributed by atoms with Crippen LogP contribution in [-0.2, 0) is 4.79 Å². The van der Waals surface area contributed by atoms with Crippen molar-refractivity contribution in [1.82, 2.24) is 0 Å². The Balaban J connectivity index is 1.57. The summed E-state index contributed by atoms with van der Waals surface area (Å²) in [7, 11) is 1.63. The van der Waals surface area contributed by atoms with Gasteiger partial charge < -0.3 is 20.1 Å². The summed E-state index contributed by atoms with van der Waals surface area (Å²) in [5, 5.41) is 8.07. The number of allylic oxidation sites excluding steroid dienone is 1. The van der Waals surface area contributed by atoms with Gasteiger partial charge >= 0.3 is 0 Å². The Kier molecular flexibility index (Phi) is 6.63. The number of ether oxygens (including phenoxy) is 2. The summed E-state index contributed by atoms with van der Waals surface area (Å²) >= 11 is 12.5. The van der Waals surface area contributed by atoms with E-state index in [1.165, 1.54) is 0 Å². The molecule has 3 aromatic rings. The Morgan fingerprint density at radius 3 is 2.43 bits per heavy atom. The maximum absolute atomic E-state index is 13.7. The molecule has 2 N–H and O–H groups in total. The molecule has 1 heterocycles. The van der Waals surface area contributed by atoms with E-state index in [9.17, 15) is 4.79 Å². The monoisotopic (exact) mass is 508 g/mol. The summed E-state index contributed by atoms with van der Waals surface area (Å²) in [4.78, 5) is 13.7. The first-order valence-corrected chi connectivity index (χ1v) is 12.4. The van der Waals surface area contributed by atoms with Crippen LogP contribution in [0.4, 0.5) is 11.4 Å². The molecule has 0 aromatic heterocycles. The smallest absolute Gasteiger partial charge is 0.163 e. The van der Waals surface area contributed by atoms with Crippen molar-refractivity contribution in [2.75, 3.05) is 24.4 Å². The molecule has 5 rings (SSSR count). The Morgan fingerprint density at radius 2 is 1.69 bits per heavy atom. The van der Waals surface area contributed by atoms with Gasteiger partial charge in [-0.15, -0.1) is 0 Å². The third kappa shape index (κ3) is 4.58. The predicted octanol–water partition coefficient (Wildman–Crippen LogP) is 7.38. The highest BCUT2D eigenvalue weighted by Gasteiger charge is 2.36. The fourth-order valence-electron chi connectivity index (χ4n) is 4.88. The number of fused-ring (bicyclic) bond motifs is 1. The third-order valence-electron chi connectivity index (χ3n) is 6.54. The number of rotatable bonds is 5. The molecule has 0 amide bonds. The molecule has 3 aromatic carbocycles. The van der Waals surface area contributed by atoms with Crippen molar-refractivity contribution >= 4 is 40.4 Å². The average molecular weight is 509 g/mol. The van der Waals surface area contributed by atoms with Crippen molar-refractivity contribution in [3.63, 3.8) is 0 Å². The Hall–Kier alpha value is -3.15. The van der Waals surface area contributed by atoms with Gasteiger partial charge in [0.1, 0.15) is 0 Å². The number of carbonyl (C=O) groups excluding carboxylic acids is 1. The second-order valence-corrected chi connectivity index (χ2v) is 9.50. The SMILES string of the molecule is CCOc1ccc(C2CC(=O)C3=C(C2)Nc2ccccc2NC3c2ccc(Cl)c(Cl)c2)cc1OC. The van der Waals surface area contributed by atoms with Crippen LogP contribution in [0.1, 0.15) is 42.9 Å². The van der Waals surface area contributed by atoms with Gasteiger partial charge in [-0.3, -0.25) is 4.79 Å². The molecule has 0 fully saturated rings. The fraction of sp³-hybridized carbons (Fsp3) is 0.250. The van der Waals surface area contributed by atoms with E-state index in [0.717, 1.165) is 33.8 Å². The summed E-state index contributed by atoms with van der Waals surface area (Å²) in [6, 6.07) is 19.1. The lowest BCUT2D eigenvalue weighted by Gasteiger charge is -2.30. The van der Waals surface area contributed by atoms with Gasteiger partial charge in [-0.1, -0.05) is 47.5 Å². The molecular weight excluding hydrogens is 483 g/mol. The molecule has 0 bridgehead atoms. The summed E-state index contributed by atoms with van der Waals surface area (Å²) < 4.78 is 11.2. The molecule has 35 heavy (non-hydrogen) atoms. The van der Waals surface area contributed by atoms with Gasteiger partial charge in [-0.2, -0.15) is 0 Å². The van der Waals surface area contributed by atoms with Gasteiger partial charge in [-0.25, -0.2) is 0 Å². The molecule has 0 saturated carbocycles. The summed E-state index contributed by atoms with van der Waals surface area (Å²) in [5.74, 6) is 1.48. The van der Waals surface area contributed by atoms with Gasteiger partial charge in [0, 0.05) is 17.7 Å². The van der Waals surface area contributed by atoms with E-state index in [2.05, 4.69) is 10.6 Å². The molecule has 7 heteroatoms. The molecule has 1 aliphatic heterocycles. The molecule has 0 saturated heterocycles. The quantitative estimate of drug-likeness (QED) is 0.376. The van der Waals surface area contributed by atoms with Crippen LogP contribution in [0, 0.1) is 0 Å². The molecule has 0 spiro atoms. The van der Waals surface area contributed by atoms with Crippen LogP contribution in [0.25, 0.3) is 0 Å². The van der Waals surface area contributed by atoms with E-state index < -0.39 is 0 Å². The fourth-order valence-corrected chi connectivity index (χ4v) is 5.19. The zero-order chi connectivity index (χ0) is 24.5. The number of carbonyl (C=O) groups is 1. The molecule has 2 atom stereocenters. The Morgan fingerprint density at radius 1 is 0.914 bits per heavy atom. The number of Topliss-reactive ketones (excluding diaryl/α,β-unsaturated/α-hetero) is 1. The van der Waals surface area contributed by atoms with Crippen molar-refractivity contribution in [3.8, 4) is 11.5 Å². The molecule has 0 radical (unpaired) electrons. The minimum absolute atomic E-state index is 0.0121. The van der Waals surface area contributed by atoms with Crippen LogP contribution in [0.5, 0.6) is 11.5 Å². The van der Waals surface area contributed by atoms with E-state index in [4.69, 9.17) is 32.7 Å². The van der Waals surface area contributed by atoms with Crippen molar-refractivity contribution < 1.29 is 14.3 Å². The number of para-hydroxylation sites is 2. The van der Waals surface area contributed by atoms with E-state index >= 15 is 0 Å². The van der Waals surface area contributed by atoms with E-state index in [1.54, 1.807) is 13.2 Å². The molecule has 1 aliphatic carbocycles. The molecular formula is C28H26Cl2N2O3. The van der Waals surface area contributed by atoms with Crippen LogP contribution >= 0.6 is 23.2 Å². The zero-order valence-corrected chi connectivity index (χ0v) is 21.0.